The second kappa shape index (κ2) is 5.81. The third kappa shape index (κ3) is 2.70. The lowest BCUT2D eigenvalue weighted by Crippen LogP contribution is -2.23. The van der Waals surface area contributed by atoms with Crippen molar-refractivity contribution in [2.75, 3.05) is 4.90 Å². The van der Waals surface area contributed by atoms with Crippen LogP contribution in [0.25, 0.3) is 0 Å². The molecule has 1 aliphatic rings. The topological polar surface area (TPSA) is 37.4 Å². The maximum Gasteiger partial charge on any atom is 0.227 e. The van der Waals surface area contributed by atoms with E-state index >= 15 is 0 Å². The predicted molar refractivity (Wildman–Crippen MR) is 89.1 cm³/mol. The molecule has 1 amide bonds. The summed E-state index contributed by atoms with van der Waals surface area (Å²) in [6.07, 6.45) is 1.64. The Bertz CT molecular complexity index is 795. The Morgan fingerprint density at radius 1 is 1.14 bits per heavy atom. The SMILES string of the molecule is CC(=O)N(/C=C1/Sc2ccccc2C1=O)c1cccc(C)c1. The molecule has 0 spiro atoms. The highest BCUT2D eigenvalue weighted by atomic mass is 32.2. The smallest absolute Gasteiger partial charge is 0.227 e. The van der Waals surface area contributed by atoms with Crippen molar-refractivity contribution in [3.8, 4) is 0 Å². The molecule has 1 aliphatic heterocycles. The maximum atomic E-state index is 12.4. The molecule has 0 unspecified atom stereocenters. The van der Waals surface area contributed by atoms with Crippen LogP contribution in [0.5, 0.6) is 0 Å². The number of amides is 1. The van der Waals surface area contributed by atoms with Crippen LogP contribution in [0.1, 0.15) is 22.8 Å². The maximum absolute atomic E-state index is 12.4. The van der Waals surface area contributed by atoms with Gasteiger partial charge < -0.3 is 0 Å². The van der Waals surface area contributed by atoms with Crippen molar-refractivity contribution in [2.24, 2.45) is 0 Å². The molecule has 0 fully saturated rings. The molecule has 0 saturated carbocycles. The highest BCUT2D eigenvalue weighted by Gasteiger charge is 2.26. The number of Topliss-reactive ketones (excluding diaryl/α,β-unsaturated/α-hetero) is 1. The first-order valence-electron chi connectivity index (χ1n) is 6.96. The van der Waals surface area contributed by atoms with Crippen LogP contribution in [0, 0.1) is 6.92 Å². The number of nitrogens with zero attached hydrogens (tertiary/aromatic N) is 1. The van der Waals surface area contributed by atoms with Crippen LogP contribution >= 0.6 is 11.8 Å². The van der Waals surface area contributed by atoms with Gasteiger partial charge in [-0.05, 0) is 36.8 Å². The Morgan fingerprint density at radius 2 is 1.91 bits per heavy atom. The molecule has 0 radical (unpaired) electrons. The average Bonchev–Trinajstić information content (AvgIpc) is 2.81. The van der Waals surface area contributed by atoms with Gasteiger partial charge in [-0.25, -0.2) is 0 Å². The molecule has 1 heterocycles. The number of anilines is 1. The third-order valence-electron chi connectivity index (χ3n) is 3.44. The Labute approximate surface area is 133 Å². The van der Waals surface area contributed by atoms with E-state index in [-0.39, 0.29) is 11.7 Å². The number of thioether (sulfide) groups is 1. The highest BCUT2D eigenvalue weighted by Crippen LogP contribution is 2.40. The van der Waals surface area contributed by atoms with Gasteiger partial charge in [0.05, 0.1) is 4.91 Å². The number of fused-ring (bicyclic) bond motifs is 1. The molecule has 0 bridgehead atoms. The lowest BCUT2D eigenvalue weighted by Gasteiger charge is -2.17. The van der Waals surface area contributed by atoms with Crippen LogP contribution in [0.3, 0.4) is 0 Å². The van der Waals surface area contributed by atoms with Gasteiger partial charge in [-0.1, -0.05) is 36.0 Å². The summed E-state index contributed by atoms with van der Waals surface area (Å²) >= 11 is 1.41. The monoisotopic (exact) mass is 309 g/mol. The summed E-state index contributed by atoms with van der Waals surface area (Å²) in [4.78, 5) is 27.4. The van der Waals surface area contributed by atoms with E-state index < -0.39 is 0 Å². The van der Waals surface area contributed by atoms with Gasteiger partial charge in [0.2, 0.25) is 11.7 Å². The standard InChI is InChI=1S/C18H15NO2S/c1-12-6-5-7-14(10-12)19(13(2)20)11-17-18(21)15-8-3-4-9-16(15)22-17/h3-11H,1-2H3/b17-11+. The fourth-order valence-electron chi connectivity index (χ4n) is 2.37. The number of hydrogen-bond donors (Lipinski definition) is 0. The number of hydrogen-bond acceptors (Lipinski definition) is 3. The molecular weight excluding hydrogens is 294 g/mol. The first-order valence-corrected chi connectivity index (χ1v) is 7.78. The molecule has 0 aromatic heterocycles. The number of ketones is 1. The van der Waals surface area contributed by atoms with Crippen LogP contribution in [-0.4, -0.2) is 11.7 Å². The van der Waals surface area contributed by atoms with Crippen molar-refractivity contribution >= 4 is 29.1 Å². The molecule has 110 valence electrons. The summed E-state index contributed by atoms with van der Waals surface area (Å²) in [7, 11) is 0. The molecular formula is C18H15NO2S. The van der Waals surface area contributed by atoms with E-state index in [4.69, 9.17) is 0 Å². The molecule has 3 nitrogen and oxygen atoms in total. The molecule has 2 aromatic rings. The summed E-state index contributed by atoms with van der Waals surface area (Å²) in [5.74, 6) is -0.151. The summed E-state index contributed by atoms with van der Waals surface area (Å²) in [6.45, 7) is 3.47. The van der Waals surface area contributed by atoms with Gasteiger partial charge in [-0.15, -0.1) is 0 Å². The van der Waals surface area contributed by atoms with E-state index in [0.29, 0.717) is 10.5 Å². The summed E-state index contributed by atoms with van der Waals surface area (Å²) in [6, 6.07) is 15.2. The van der Waals surface area contributed by atoms with E-state index in [2.05, 4.69) is 0 Å². The largest absolute Gasteiger partial charge is 0.288 e. The Hall–Kier alpha value is -2.33. The van der Waals surface area contributed by atoms with Crippen LogP contribution in [0.4, 0.5) is 5.69 Å². The lowest BCUT2D eigenvalue weighted by molar-refractivity contribution is -0.116. The van der Waals surface area contributed by atoms with Gasteiger partial charge in [0.15, 0.2) is 0 Å². The van der Waals surface area contributed by atoms with Gasteiger partial charge in [0, 0.05) is 29.3 Å². The molecule has 0 N–H and O–H groups in total. The fourth-order valence-corrected chi connectivity index (χ4v) is 3.38. The van der Waals surface area contributed by atoms with Gasteiger partial charge in [-0.2, -0.15) is 0 Å². The summed E-state index contributed by atoms with van der Waals surface area (Å²) < 4.78 is 0. The number of rotatable bonds is 2. The van der Waals surface area contributed by atoms with Crippen molar-refractivity contribution in [1.82, 2.24) is 0 Å². The molecule has 0 aliphatic carbocycles. The first-order chi connectivity index (χ1) is 10.6. The minimum Gasteiger partial charge on any atom is -0.288 e. The third-order valence-corrected chi connectivity index (χ3v) is 4.53. The molecule has 22 heavy (non-hydrogen) atoms. The lowest BCUT2D eigenvalue weighted by atomic mass is 10.1. The zero-order valence-corrected chi connectivity index (χ0v) is 13.2. The number of carbonyl (C=O) groups is 2. The van der Waals surface area contributed by atoms with Crippen molar-refractivity contribution in [2.45, 2.75) is 18.7 Å². The predicted octanol–water partition coefficient (Wildman–Crippen LogP) is 4.18. The van der Waals surface area contributed by atoms with Crippen LogP contribution in [0.15, 0.2) is 64.5 Å². The minimum atomic E-state index is -0.123. The normalized spacial score (nSPS) is 15.0. The van der Waals surface area contributed by atoms with Gasteiger partial charge >= 0.3 is 0 Å². The van der Waals surface area contributed by atoms with E-state index in [1.807, 2.05) is 55.5 Å². The number of carbonyl (C=O) groups excluding carboxylic acids is 2. The zero-order chi connectivity index (χ0) is 15.7. The van der Waals surface area contributed by atoms with Crippen LogP contribution < -0.4 is 4.90 Å². The number of allylic oxidation sites excluding steroid dienone is 1. The zero-order valence-electron chi connectivity index (χ0n) is 12.4. The molecule has 2 aromatic carbocycles. The minimum absolute atomic E-state index is 0.0282. The Morgan fingerprint density at radius 3 is 2.59 bits per heavy atom. The highest BCUT2D eigenvalue weighted by molar-refractivity contribution is 8.04. The quantitative estimate of drug-likeness (QED) is 0.781. The second-order valence-electron chi connectivity index (χ2n) is 5.15. The first kappa shape index (κ1) is 14.6. The molecule has 3 rings (SSSR count). The van der Waals surface area contributed by atoms with Crippen molar-refractivity contribution in [3.05, 3.63) is 70.8 Å². The van der Waals surface area contributed by atoms with Crippen molar-refractivity contribution in [3.63, 3.8) is 0 Å². The molecule has 0 saturated heterocycles. The molecule has 4 heteroatoms. The van der Waals surface area contributed by atoms with Gasteiger partial charge in [0.25, 0.3) is 0 Å². The second-order valence-corrected chi connectivity index (χ2v) is 6.23. The van der Waals surface area contributed by atoms with E-state index in [1.54, 1.807) is 6.20 Å². The van der Waals surface area contributed by atoms with E-state index in [1.165, 1.54) is 23.6 Å². The Kier molecular flexibility index (Phi) is 3.86. The average molecular weight is 309 g/mol. The van der Waals surface area contributed by atoms with Crippen LogP contribution in [0.2, 0.25) is 0 Å². The summed E-state index contributed by atoms with van der Waals surface area (Å²) in [5, 5.41) is 0. The number of benzene rings is 2. The van der Waals surface area contributed by atoms with Crippen molar-refractivity contribution in [1.29, 1.82) is 0 Å². The van der Waals surface area contributed by atoms with E-state index in [0.717, 1.165) is 16.1 Å². The fraction of sp³-hybridized carbons (Fsp3) is 0.111. The molecule has 0 atom stereocenters. The van der Waals surface area contributed by atoms with Crippen LogP contribution in [-0.2, 0) is 4.79 Å². The Balaban J connectivity index is 1.99. The van der Waals surface area contributed by atoms with E-state index in [9.17, 15) is 9.59 Å². The van der Waals surface area contributed by atoms with Gasteiger partial charge in [-0.3, -0.25) is 14.5 Å². The number of aryl methyl sites for hydroxylation is 1. The van der Waals surface area contributed by atoms with Gasteiger partial charge in [0.1, 0.15) is 0 Å². The van der Waals surface area contributed by atoms with Crippen molar-refractivity contribution < 1.29 is 9.59 Å². The summed E-state index contributed by atoms with van der Waals surface area (Å²) in [5.41, 5.74) is 2.53.